The molecule has 94 valence electrons. The van der Waals surface area contributed by atoms with E-state index in [4.69, 9.17) is 5.73 Å². The quantitative estimate of drug-likeness (QED) is 0.870. The first kappa shape index (κ1) is 13.5. The molecule has 1 amide bonds. The van der Waals surface area contributed by atoms with Gasteiger partial charge in [0.1, 0.15) is 5.82 Å². The van der Waals surface area contributed by atoms with Gasteiger partial charge in [-0.25, -0.2) is 4.98 Å². The lowest BCUT2D eigenvalue weighted by atomic mass is 10.1. The maximum atomic E-state index is 12.3. The lowest BCUT2D eigenvalue weighted by molar-refractivity contribution is 0.0706. The summed E-state index contributed by atoms with van der Waals surface area (Å²) in [5.41, 5.74) is 7.06. The average Bonchev–Trinajstić information content (AvgIpc) is 2.23. The first-order valence-corrected chi connectivity index (χ1v) is 6.00. The number of hydrogen-bond acceptors (Lipinski definition) is 3. The van der Waals surface area contributed by atoms with E-state index in [2.05, 4.69) is 11.9 Å². The van der Waals surface area contributed by atoms with Gasteiger partial charge in [-0.15, -0.1) is 0 Å². The van der Waals surface area contributed by atoms with Crippen LogP contribution in [0.1, 0.15) is 43.2 Å². The molecular formula is C13H21N3O. The maximum absolute atomic E-state index is 12.3. The number of hydrogen-bond donors (Lipinski definition) is 1. The minimum Gasteiger partial charge on any atom is -0.384 e. The molecule has 1 rings (SSSR count). The van der Waals surface area contributed by atoms with E-state index in [1.165, 1.54) is 0 Å². The van der Waals surface area contributed by atoms with Crippen LogP contribution in [0.2, 0.25) is 0 Å². The molecule has 1 aromatic rings. The fourth-order valence-corrected chi connectivity index (χ4v) is 1.82. The van der Waals surface area contributed by atoms with Crippen molar-refractivity contribution >= 4 is 11.7 Å². The average molecular weight is 235 g/mol. The predicted molar refractivity (Wildman–Crippen MR) is 69.8 cm³/mol. The zero-order valence-corrected chi connectivity index (χ0v) is 11.0. The third-order valence-electron chi connectivity index (χ3n) is 2.57. The Morgan fingerprint density at radius 2 is 2.12 bits per heavy atom. The van der Waals surface area contributed by atoms with Crippen LogP contribution >= 0.6 is 0 Å². The van der Waals surface area contributed by atoms with Crippen molar-refractivity contribution in [3.8, 4) is 0 Å². The highest BCUT2D eigenvalue weighted by Crippen LogP contribution is 2.12. The fourth-order valence-electron chi connectivity index (χ4n) is 1.82. The summed E-state index contributed by atoms with van der Waals surface area (Å²) in [7, 11) is 0. The van der Waals surface area contributed by atoms with Crippen LogP contribution < -0.4 is 5.73 Å². The number of aryl methyl sites for hydroxylation is 1. The molecule has 2 N–H and O–H groups in total. The largest absolute Gasteiger partial charge is 0.384 e. The van der Waals surface area contributed by atoms with E-state index >= 15 is 0 Å². The zero-order valence-electron chi connectivity index (χ0n) is 11.0. The van der Waals surface area contributed by atoms with Crippen LogP contribution in [0.5, 0.6) is 0 Å². The Kier molecular flexibility index (Phi) is 4.49. The fraction of sp³-hybridized carbons (Fsp3) is 0.538. The van der Waals surface area contributed by atoms with Crippen molar-refractivity contribution < 1.29 is 4.79 Å². The first-order chi connectivity index (χ1) is 7.95. The van der Waals surface area contributed by atoms with E-state index in [1.807, 2.05) is 25.7 Å². The van der Waals surface area contributed by atoms with E-state index < -0.39 is 0 Å². The SMILES string of the molecule is CCCN(C(=O)c1cc(C)nc(N)c1)C(C)C. The summed E-state index contributed by atoms with van der Waals surface area (Å²) in [6.45, 7) is 8.70. The topological polar surface area (TPSA) is 59.2 Å². The Balaban J connectivity index is 3.00. The van der Waals surface area contributed by atoms with Crippen molar-refractivity contribution in [3.63, 3.8) is 0 Å². The monoisotopic (exact) mass is 235 g/mol. The molecule has 0 atom stereocenters. The van der Waals surface area contributed by atoms with Gasteiger partial charge in [-0.3, -0.25) is 4.79 Å². The Bertz CT molecular complexity index is 381. The van der Waals surface area contributed by atoms with Gasteiger partial charge in [-0.2, -0.15) is 0 Å². The van der Waals surface area contributed by atoms with Gasteiger partial charge in [0.2, 0.25) is 0 Å². The Morgan fingerprint density at radius 3 is 2.59 bits per heavy atom. The molecule has 0 saturated heterocycles. The van der Waals surface area contributed by atoms with Crippen molar-refractivity contribution in [3.05, 3.63) is 23.4 Å². The van der Waals surface area contributed by atoms with Crippen LogP contribution in [-0.4, -0.2) is 28.4 Å². The zero-order chi connectivity index (χ0) is 13.0. The predicted octanol–water partition coefficient (Wildman–Crippen LogP) is 2.23. The molecule has 0 saturated carbocycles. The lowest BCUT2D eigenvalue weighted by Crippen LogP contribution is -2.37. The Hall–Kier alpha value is -1.58. The van der Waals surface area contributed by atoms with Crippen LogP contribution in [0.3, 0.4) is 0 Å². The highest BCUT2D eigenvalue weighted by Gasteiger charge is 2.18. The molecule has 0 bridgehead atoms. The van der Waals surface area contributed by atoms with Gasteiger partial charge in [-0.1, -0.05) is 6.92 Å². The molecule has 4 nitrogen and oxygen atoms in total. The van der Waals surface area contributed by atoms with Crippen molar-refractivity contribution in [2.75, 3.05) is 12.3 Å². The molecule has 0 spiro atoms. The van der Waals surface area contributed by atoms with E-state index in [0.717, 1.165) is 18.7 Å². The van der Waals surface area contributed by atoms with Crippen LogP contribution in [0.25, 0.3) is 0 Å². The molecule has 1 heterocycles. The number of nitrogens with zero attached hydrogens (tertiary/aromatic N) is 2. The number of carbonyl (C=O) groups is 1. The number of aromatic nitrogens is 1. The summed E-state index contributed by atoms with van der Waals surface area (Å²) >= 11 is 0. The molecule has 0 radical (unpaired) electrons. The highest BCUT2D eigenvalue weighted by molar-refractivity contribution is 5.95. The molecule has 0 aliphatic rings. The summed E-state index contributed by atoms with van der Waals surface area (Å²) in [6.07, 6.45) is 0.948. The molecule has 17 heavy (non-hydrogen) atoms. The Morgan fingerprint density at radius 1 is 1.47 bits per heavy atom. The Labute approximate surface area is 103 Å². The molecule has 4 heteroatoms. The third-order valence-corrected chi connectivity index (χ3v) is 2.57. The van der Waals surface area contributed by atoms with Gasteiger partial charge in [-0.05, 0) is 39.3 Å². The maximum Gasteiger partial charge on any atom is 0.254 e. The van der Waals surface area contributed by atoms with Crippen molar-refractivity contribution in [2.45, 2.75) is 40.2 Å². The number of rotatable bonds is 4. The smallest absolute Gasteiger partial charge is 0.254 e. The summed E-state index contributed by atoms with van der Waals surface area (Å²) in [5.74, 6) is 0.424. The molecule has 0 aromatic carbocycles. The second-order valence-corrected chi connectivity index (χ2v) is 4.51. The van der Waals surface area contributed by atoms with Gasteiger partial charge in [0.25, 0.3) is 5.91 Å². The van der Waals surface area contributed by atoms with Gasteiger partial charge in [0.05, 0.1) is 0 Å². The van der Waals surface area contributed by atoms with Gasteiger partial charge >= 0.3 is 0 Å². The third kappa shape index (κ3) is 3.44. The van der Waals surface area contributed by atoms with E-state index in [9.17, 15) is 4.79 Å². The van der Waals surface area contributed by atoms with Gasteiger partial charge < -0.3 is 10.6 Å². The number of nitrogen functional groups attached to an aromatic ring is 1. The highest BCUT2D eigenvalue weighted by atomic mass is 16.2. The van der Waals surface area contributed by atoms with Crippen molar-refractivity contribution in [1.29, 1.82) is 0 Å². The summed E-state index contributed by atoms with van der Waals surface area (Å²) < 4.78 is 0. The molecule has 0 aliphatic carbocycles. The van der Waals surface area contributed by atoms with Gasteiger partial charge in [0.15, 0.2) is 0 Å². The number of amides is 1. The normalized spacial score (nSPS) is 10.6. The number of anilines is 1. The van der Waals surface area contributed by atoms with Crippen LogP contribution in [0.4, 0.5) is 5.82 Å². The first-order valence-electron chi connectivity index (χ1n) is 6.00. The number of pyridine rings is 1. The van der Waals surface area contributed by atoms with Crippen molar-refractivity contribution in [1.82, 2.24) is 9.88 Å². The van der Waals surface area contributed by atoms with E-state index in [1.54, 1.807) is 12.1 Å². The standard InChI is InChI=1S/C13H21N3O/c1-5-6-16(9(2)3)13(17)11-7-10(4)15-12(14)8-11/h7-9H,5-6H2,1-4H3,(H2,14,15). The van der Waals surface area contributed by atoms with Crippen LogP contribution in [0.15, 0.2) is 12.1 Å². The second kappa shape index (κ2) is 5.66. The molecule has 0 fully saturated rings. The van der Waals surface area contributed by atoms with E-state index in [0.29, 0.717) is 11.4 Å². The minimum absolute atomic E-state index is 0.0269. The minimum atomic E-state index is 0.0269. The summed E-state index contributed by atoms with van der Waals surface area (Å²) in [6, 6.07) is 3.61. The lowest BCUT2D eigenvalue weighted by Gasteiger charge is -2.26. The van der Waals surface area contributed by atoms with Crippen LogP contribution in [-0.2, 0) is 0 Å². The van der Waals surface area contributed by atoms with Crippen LogP contribution in [0, 0.1) is 6.92 Å². The number of nitrogens with two attached hydrogens (primary N) is 1. The van der Waals surface area contributed by atoms with E-state index in [-0.39, 0.29) is 11.9 Å². The van der Waals surface area contributed by atoms with Crippen molar-refractivity contribution in [2.24, 2.45) is 0 Å². The molecule has 1 aromatic heterocycles. The number of carbonyl (C=O) groups excluding carboxylic acids is 1. The summed E-state index contributed by atoms with van der Waals surface area (Å²) in [5, 5.41) is 0. The summed E-state index contributed by atoms with van der Waals surface area (Å²) in [4.78, 5) is 18.3. The second-order valence-electron chi connectivity index (χ2n) is 4.51. The van der Waals surface area contributed by atoms with Gasteiger partial charge in [0, 0.05) is 23.8 Å². The molecular weight excluding hydrogens is 214 g/mol. The molecule has 0 aliphatic heterocycles. The molecule has 0 unspecified atom stereocenters.